The van der Waals surface area contributed by atoms with Crippen LogP contribution in [0.1, 0.15) is 18.5 Å². The molecule has 0 amide bonds. The SMILES string of the molecule is c1cncc(-c2cc3c(CNCC4CCNCC4)[nH]nc3cn2)c1. The fourth-order valence-corrected chi connectivity index (χ4v) is 3.26. The van der Waals surface area contributed by atoms with E-state index in [1.165, 1.54) is 12.8 Å². The van der Waals surface area contributed by atoms with Gasteiger partial charge in [-0.05, 0) is 56.6 Å². The maximum Gasteiger partial charge on any atom is 0.111 e. The van der Waals surface area contributed by atoms with Crippen LogP contribution in [0.2, 0.25) is 0 Å². The quantitative estimate of drug-likeness (QED) is 0.670. The van der Waals surface area contributed by atoms with Gasteiger partial charge in [-0.1, -0.05) is 0 Å². The van der Waals surface area contributed by atoms with Crippen molar-refractivity contribution in [2.75, 3.05) is 19.6 Å². The zero-order valence-corrected chi connectivity index (χ0v) is 13.6. The molecule has 3 N–H and O–H groups in total. The van der Waals surface area contributed by atoms with Crippen LogP contribution in [0, 0.1) is 5.92 Å². The predicted molar refractivity (Wildman–Crippen MR) is 94.4 cm³/mol. The number of hydrogen-bond acceptors (Lipinski definition) is 5. The Kier molecular flexibility index (Phi) is 4.49. The zero-order valence-electron chi connectivity index (χ0n) is 13.6. The van der Waals surface area contributed by atoms with Crippen molar-refractivity contribution in [2.45, 2.75) is 19.4 Å². The van der Waals surface area contributed by atoms with Crippen molar-refractivity contribution in [3.05, 3.63) is 42.5 Å². The van der Waals surface area contributed by atoms with E-state index in [0.29, 0.717) is 0 Å². The van der Waals surface area contributed by atoms with Gasteiger partial charge >= 0.3 is 0 Å². The third kappa shape index (κ3) is 3.29. The number of hydrogen-bond donors (Lipinski definition) is 3. The second kappa shape index (κ2) is 7.07. The highest BCUT2D eigenvalue weighted by atomic mass is 15.1. The molecule has 4 heterocycles. The van der Waals surface area contributed by atoms with E-state index in [9.17, 15) is 0 Å². The van der Waals surface area contributed by atoms with Crippen molar-refractivity contribution in [1.82, 2.24) is 30.8 Å². The molecule has 3 aromatic heterocycles. The summed E-state index contributed by atoms with van der Waals surface area (Å²) in [6, 6.07) is 6.05. The Morgan fingerprint density at radius 3 is 2.96 bits per heavy atom. The van der Waals surface area contributed by atoms with Gasteiger partial charge in [-0.2, -0.15) is 5.10 Å². The third-order valence-electron chi connectivity index (χ3n) is 4.67. The van der Waals surface area contributed by atoms with Crippen molar-refractivity contribution in [2.24, 2.45) is 5.92 Å². The molecular weight excluding hydrogens is 300 g/mol. The molecule has 0 radical (unpaired) electrons. The minimum Gasteiger partial charge on any atom is -0.317 e. The van der Waals surface area contributed by atoms with Crippen LogP contribution >= 0.6 is 0 Å². The Morgan fingerprint density at radius 1 is 1.21 bits per heavy atom. The fraction of sp³-hybridized carbons (Fsp3) is 0.389. The number of nitrogens with one attached hydrogen (secondary N) is 3. The molecule has 24 heavy (non-hydrogen) atoms. The molecule has 4 rings (SSSR count). The Bertz CT molecular complexity index is 792. The minimum absolute atomic E-state index is 0.771. The number of fused-ring (bicyclic) bond motifs is 1. The van der Waals surface area contributed by atoms with Crippen LogP contribution < -0.4 is 10.6 Å². The second-order valence-corrected chi connectivity index (χ2v) is 6.35. The van der Waals surface area contributed by atoms with Gasteiger partial charge in [0.25, 0.3) is 0 Å². The van der Waals surface area contributed by atoms with Crippen LogP contribution in [0.3, 0.4) is 0 Å². The molecule has 0 bridgehead atoms. The average molecular weight is 322 g/mol. The largest absolute Gasteiger partial charge is 0.317 e. The highest BCUT2D eigenvalue weighted by molar-refractivity contribution is 5.84. The number of rotatable bonds is 5. The van der Waals surface area contributed by atoms with Crippen LogP contribution in [0.15, 0.2) is 36.8 Å². The average Bonchev–Trinajstić information content (AvgIpc) is 3.06. The molecule has 0 spiro atoms. The van der Waals surface area contributed by atoms with Crippen LogP contribution in [0.5, 0.6) is 0 Å². The number of aromatic nitrogens is 4. The van der Waals surface area contributed by atoms with Crippen LogP contribution in [0.25, 0.3) is 22.2 Å². The molecule has 1 aliphatic rings. The summed E-state index contributed by atoms with van der Waals surface area (Å²) in [7, 11) is 0. The van der Waals surface area contributed by atoms with Gasteiger partial charge < -0.3 is 10.6 Å². The summed E-state index contributed by atoms with van der Waals surface area (Å²) in [6.07, 6.45) is 7.95. The molecule has 6 nitrogen and oxygen atoms in total. The highest BCUT2D eigenvalue weighted by Crippen LogP contribution is 2.22. The fourth-order valence-electron chi connectivity index (χ4n) is 3.26. The highest BCUT2D eigenvalue weighted by Gasteiger charge is 2.13. The van der Waals surface area contributed by atoms with Gasteiger partial charge in [0.05, 0.1) is 17.6 Å². The second-order valence-electron chi connectivity index (χ2n) is 6.35. The van der Waals surface area contributed by atoms with Gasteiger partial charge in [-0.3, -0.25) is 15.1 Å². The Morgan fingerprint density at radius 2 is 2.12 bits per heavy atom. The summed E-state index contributed by atoms with van der Waals surface area (Å²) < 4.78 is 0. The summed E-state index contributed by atoms with van der Waals surface area (Å²) in [5.41, 5.74) is 3.97. The number of H-pyrrole nitrogens is 1. The molecule has 0 aliphatic carbocycles. The maximum atomic E-state index is 4.49. The molecule has 0 unspecified atom stereocenters. The van der Waals surface area contributed by atoms with E-state index >= 15 is 0 Å². The van der Waals surface area contributed by atoms with E-state index in [4.69, 9.17) is 0 Å². The lowest BCUT2D eigenvalue weighted by Gasteiger charge is -2.22. The van der Waals surface area contributed by atoms with Crippen LogP contribution in [-0.2, 0) is 6.54 Å². The smallest absolute Gasteiger partial charge is 0.111 e. The number of aromatic amines is 1. The van der Waals surface area contributed by atoms with Gasteiger partial charge in [0.1, 0.15) is 5.52 Å². The van der Waals surface area contributed by atoms with E-state index in [-0.39, 0.29) is 0 Å². The summed E-state index contributed by atoms with van der Waals surface area (Å²) in [6.45, 7) is 4.14. The lowest BCUT2D eigenvalue weighted by atomic mass is 9.98. The molecule has 0 saturated carbocycles. The maximum absolute atomic E-state index is 4.49. The first-order valence-corrected chi connectivity index (χ1v) is 8.55. The summed E-state index contributed by atoms with van der Waals surface area (Å²) in [4.78, 5) is 8.67. The van der Waals surface area contributed by atoms with Gasteiger partial charge in [0.15, 0.2) is 0 Å². The number of pyridine rings is 2. The lowest BCUT2D eigenvalue weighted by molar-refractivity contribution is 0.356. The van der Waals surface area contributed by atoms with Gasteiger partial charge in [0, 0.05) is 29.9 Å². The van der Waals surface area contributed by atoms with E-state index in [2.05, 4.69) is 36.9 Å². The molecule has 1 saturated heterocycles. The van der Waals surface area contributed by atoms with Crippen molar-refractivity contribution in [3.8, 4) is 11.3 Å². The van der Waals surface area contributed by atoms with Crippen molar-refractivity contribution in [1.29, 1.82) is 0 Å². The molecule has 6 heteroatoms. The Hall–Kier alpha value is -2.31. The van der Waals surface area contributed by atoms with Crippen molar-refractivity contribution in [3.63, 3.8) is 0 Å². The van der Waals surface area contributed by atoms with Crippen LogP contribution in [0.4, 0.5) is 0 Å². The summed E-state index contributed by atoms with van der Waals surface area (Å²) in [5, 5.41) is 15.6. The number of piperidine rings is 1. The molecule has 124 valence electrons. The molecule has 1 aliphatic heterocycles. The van der Waals surface area contributed by atoms with E-state index in [1.807, 2.05) is 24.5 Å². The molecule has 1 fully saturated rings. The van der Waals surface area contributed by atoms with Gasteiger partial charge in [-0.15, -0.1) is 0 Å². The molecule has 0 aromatic carbocycles. The topological polar surface area (TPSA) is 78.5 Å². The molecule has 0 atom stereocenters. The summed E-state index contributed by atoms with van der Waals surface area (Å²) in [5.74, 6) is 0.771. The first-order chi connectivity index (χ1) is 11.9. The van der Waals surface area contributed by atoms with E-state index in [1.54, 1.807) is 6.20 Å². The first kappa shape index (κ1) is 15.2. The third-order valence-corrected chi connectivity index (χ3v) is 4.67. The number of nitrogens with zero attached hydrogens (tertiary/aromatic N) is 3. The van der Waals surface area contributed by atoms with Gasteiger partial charge in [-0.25, -0.2) is 0 Å². The Balaban J connectivity index is 1.48. The normalized spacial score (nSPS) is 15.8. The minimum atomic E-state index is 0.771. The molecular formula is C18H22N6. The zero-order chi connectivity index (χ0) is 16.2. The first-order valence-electron chi connectivity index (χ1n) is 8.55. The Labute approximate surface area is 141 Å². The van der Waals surface area contributed by atoms with Crippen LogP contribution in [-0.4, -0.2) is 39.8 Å². The predicted octanol–water partition coefficient (Wildman–Crippen LogP) is 2.11. The standard InChI is InChI=1S/C18H22N6/c1-2-14(10-20-5-1)16-8-15-17(23-24-18(15)12-22-16)11-21-9-13-3-6-19-7-4-13/h1-2,5,8,10,12-13,19,21H,3-4,6-7,9,11H2,(H,23,24). The monoisotopic (exact) mass is 322 g/mol. The van der Waals surface area contributed by atoms with Crippen molar-refractivity contribution < 1.29 is 0 Å². The van der Waals surface area contributed by atoms with E-state index < -0.39 is 0 Å². The summed E-state index contributed by atoms with van der Waals surface area (Å²) >= 11 is 0. The van der Waals surface area contributed by atoms with Crippen molar-refractivity contribution >= 4 is 10.9 Å². The lowest BCUT2D eigenvalue weighted by Crippen LogP contribution is -2.33. The van der Waals surface area contributed by atoms with E-state index in [0.717, 1.165) is 60.0 Å². The van der Waals surface area contributed by atoms with Gasteiger partial charge in [0.2, 0.25) is 0 Å². The molecule has 3 aromatic rings.